The molecule has 1 fully saturated rings. The van der Waals surface area contributed by atoms with Crippen LogP contribution in [0.15, 0.2) is 18.2 Å². The molecule has 1 saturated carbocycles. The lowest BCUT2D eigenvalue weighted by Crippen LogP contribution is -2.11. The molecule has 0 spiro atoms. The van der Waals surface area contributed by atoms with Gasteiger partial charge in [-0.2, -0.15) is 0 Å². The number of nitrogens with two attached hydrogens (primary N) is 1. The van der Waals surface area contributed by atoms with Crippen molar-refractivity contribution >= 4 is 16.7 Å². The summed E-state index contributed by atoms with van der Waals surface area (Å²) in [5.41, 5.74) is 8.86. The Kier molecular flexibility index (Phi) is 3.19. The van der Waals surface area contributed by atoms with Crippen LogP contribution in [0.4, 0.5) is 5.69 Å². The van der Waals surface area contributed by atoms with E-state index in [0.29, 0.717) is 12.0 Å². The standard InChI is InChI=1S/C15H21N3O/c1-10(7-8-19-2)18-14-6-5-12(16)9-13(14)17-15(18)11-3-4-11/h5-6,9-11H,3-4,7-8,16H2,1-2H3. The first-order valence-corrected chi connectivity index (χ1v) is 6.97. The molecule has 0 bridgehead atoms. The molecule has 4 nitrogen and oxygen atoms in total. The fourth-order valence-electron chi connectivity index (χ4n) is 2.64. The maximum atomic E-state index is 5.86. The third-order valence-electron chi connectivity index (χ3n) is 3.86. The first-order chi connectivity index (χ1) is 9.20. The molecule has 1 heterocycles. The van der Waals surface area contributed by atoms with E-state index < -0.39 is 0 Å². The second kappa shape index (κ2) is 4.85. The molecule has 1 aromatic carbocycles. The van der Waals surface area contributed by atoms with Crippen LogP contribution < -0.4 is 5.73 Å². The van der Waals surface area contributed by atoms with Crippen molar-refractivity contribution in [3.05, 3.63) is 24.0 Å². The summed E-state index contributed by atoms with van der Waals surface area (Å²) in [5.74, 6) is 1.86. The molecular weight excluding hydrogens is 238 g/mol. The summed E-state index contributed by atoms with van der Waals surface area (Å²) >= 11 is 0. The number of nitrogens with zero attached hydrogens (tertiary/aromatic N) is 2. The maximum Gasteiger partial charge on any atom is 0.113 e. The Bertz CT molecular complexity index is 586. The lowest BCUT2D eigenvalue weighted by molar-refractivity contribution is 0.181. The Hall–Kier alpha value is -1.55. The number of imidazole rings is 1. The average molecular weight is 259 g/mol. The lowest BCUT2D eigenvalue weighted by atomic mass is 10.2. The van der Waals surface area contributed by atoms with Crippen LogP contribution >= 0.6 is 0 Å². The highest BCUT2D eigenvalue weighted by Crippen LogP contribution is 2.42. The predicted molar refractivity (Wildman–Crippen MR) is 77.3 cm³/mol. The van der Waals surface area contributed by atoms with Crippen molar-refractivity contribution in [3.63, 3.8) is 0 Å². The molecule has 102 valence electrons. The topological polar surface area (TPSA) is 53.1 Å². The quantitative estimate of drug-likeness (QED) is 0.839. The smallest absolute Gasteiger partial charge is 0.113 e. The number of aromatic nitrogens is 2. The second-order valence-electron chi connectivity index (χ2n) is 5.49. The molecule has 1 unspecified atom stereocenters. The number of benzene rings is 1. The van der Waals surface area contributed by atoms with Gasteiger partial charge in [-0.25, -0.2) is 4.98 Å². The average Bonchev–Trinajstić information content (AvgIpc) is 3.17. The van der Waals surface area contributed by atoms with E-state index >= 15 is 0 Å². The molecule has 1 aromatic heterocycles. The monoisotopic (exact) mass is 259 g/mol. The van der Waals surface area contributed by atoms with E-state index in [-0.39, 0.29) is 0 Å². The summed E-state index contributed by atoms with van der Waals surface area (Å²) in [5, 5.41) is 0. The van der Waals surface area contributed by atoms with Crippen LogP contribution in [0.2, 0.25) is 0 Å². The molecule has 1 aliphatic rings. The molecule has 2 aromatic rings. The van der Waals surface area contributed by atoms with E-state index in [1.807, 2.05) is 12.1 Å². The number of ether oxygens (including phenoxy) is 1. The summed E-state index contributed by atoms with van der Waals surface area (Å²) in [6.07, 6.45) is 3.53. The predicted octanol–water partition coefficient (Wildman–Crippen LogP) is 3.09. The highest BCUT2D eigenvalue weighted by Gasteiger charge is 2.30. The van der Waals surface area contributed by atoms with Crippen LogP contribution in [-0.2, 0) is 4.74 Å². The Balaban J connectivity index is 2.05. The van der Waals surface area contributed by atoms with Crippen molar-refractivity contribution in [2.24, 2.45) is 0 Å². The molecule has 0 amide bonds. The second-order valence-corrected chi connectivity index (χ2v) is 5.49. The first-order valence-electron chi connectivity index (χ1n) is 6.97. The van der Waals surface area contributed by atoms with Gasteiger partial charge in [-0.1, -0.05) is 0 Å². The van der Waals surface area contributed by atoms with E-state index in [2.05, 4.69) is 17.6 Å². The van der Waals surface area contributed by atoms with Crippen LogP contribution in [0.5, 0.6) is 0 Å². The number of anilines is 1. The zero-order valence-corrected chi connectivity index (χ0v) is 11.6. The minimum absolute atomic E-state index is 0.407. The van der Waals surface area contributed by atoms with E-state index in [4.69, 9.17) is 15.5 Å². The van der Waals surface area contributed by atoms with Gasteiger partial charge in [0.15, 0.2) is 0 Å². The van der Waals surface area contributed by atoms with Gasteiger partial charge in [0.25, 0.3) is 0 Å². The molecule has 3 rings (SSSR count). The molecule has 4 heteroatoms. The van der Waals surface area contributed by atoms with Gasteiger partial charge in [0.05, 0.1) is 11.0 Å². The van der Waals surface area contributed by atoms with E-state index in [1.54, 1.807) is 7.11 Å². The van der Waals surface area contributed by atoms with Gasteiger partial charge in [-0.15, -0.1) is 0 Å². The van der Waals surface area contributed by atoms with Crippen molar-refractivity contribution in [2.75, 3.05) is 19.5 Å². The molecule has 19 heavy (non-hydrogen) atoms. The number of rotatable bonds is 5. The third kappa shape index (κ3) is 2.32. The minimum atomic E-state index is 0.407. The highest BCUT2D eigenvalue weighted by molar-refractivity contribution is 5.80. The third-order valence-corrected chi connectivity index (χ3v) is 3.86. The van der Waals surface area contributed by atoms with Gasteiger partial charge in [0.1, 0.15) is 5.82 Å². The van der Waals surface area contributed by atoms with Crippen molar-refractivity contribution in [1.82, 2.24) is 9.55 Å². The Labute approximate surface area is 113 Å². The Morgan fingerprint density at radius 2 is 2.26 bits per heavy atom. The van der Waals surface area contributed by atoms with E-state index in [9.17, 15) is 0 Å². The molecule has 0 saturated heterocycles. The molecule has 1 aliphatic carbocycles. The normalized spacial score (nSPS) is 16.9. The number of methoxy groups -OCH3 is 1. The highest BCUT2D eigenvalue weighted by atomic mass is 16.5. The van der Waals surface area contributed by atoms with Gasteiger partial charge in [-0.05, 0) is 44.4 Å². The largest absolute Gasteiger partial charge is 0.399 e. The number of hydrogen-bond acceptors (Lipinski definition) is 3. The van der Waals surface area contributed by atoms with Gasteiger partial charge in [0, 0.05) is 31.4 Å². The Morgan fingerprint density at radius 3 is 2.95 bits per heavy atom. The SMILES string of the molecule is COCCC(C)n1c(C2CC2)nc2cc(N)ccc21. The molecule has 0 radical (unpaired) electrons. The van der Waals surface area contributed by atoms with Gasteiger partial charge in [0.2, 0.25) is 0 Å². The van der Waals surface area contributed by atoms with Crippen molar-refractivity contribution in [2.45, 2.75) is 38.1 Å². The molecule has 1 atom stereocenters. The number of fused-ring (bicyclic) bond motifs is 1. The van der Waals surface area contributed by atoms with Crippen LogP contribution in [0.25, 0.3) is 11.0 Å². The van der Waals surface area contributed by atoms with Crippen LogP contribution in [0.3, 0.4) is 0 Å². The van der Waals surface area contributed by atoms with E-state index in [1.165, 1.54) is 24.2 Å². The van der Waals surface area contributed by atoms with Crippen LogP contribution in [0, 0.1) is 0 Å². The maximum absolute atomic E-state index is 5.86. The Morgan fingerprint density at radius 1 is 1.47 bits per heavy atom. The van der Waals surface area contributed by atoms with Crippen LogP contribution in [-0.4, -0.2) is 23.3 Å². The van der Waals surface area contributed by atoms with E-state index in [0.717, 1.165) is 24.2 Å². The van der Waals surface area contributed by atoms with Gasteiger partial charge < -0.3 is 15.0 Å². The molecule has 2 N–H and O–H groups in total. The lowest BCUT2D eigenvalue weighted by Gasteiger charge is -2.17. The van der Waals surface area contributed by atoms with Crippen molar-refractivity contribution in [3.8, 4) is 0 Å². The first kappa shape index (κ1) is 12.5. The fourth-order valence-corrected chi connectivity index (χ4v) is 2.64. The summed E-state index contributed by atoms with van der Waals surface area (Å²) in [7, 11) is 1.75. The number of hydrogen-bond donors (Lipinski definition) is 1. The van der Waals surface area contributed by atoms with Crippen LogP contribution in [0.1, 0.15) is 44.0 Å². The van der Waals surface area contributed by atoms with Crippen molar-refractivity contribution in [1.29, 1.82) is 0 Å². The zero-order valence-electron chi connectivity index (χ0n) is 11.6. The summed E-state index contributed by atoms with van der Waals surface area (Å²) < 4.78 is 7.58. The summed E-state index contributed by atoms with van der Waals surface area (Å²) in [6.45, 7) is 3.02. The van der Waals surface area contributed by atoms with Gasteiger partial charge in [-0.3, -0.25) is 0 Å². The van der Waals surface area contributed by atoms with Crippen molar-refractivity contribution < 1.29 is 4.74 Å². The zero-order chi connectivity index (χ0) is 13.4. The van der Waals surface area contributed by atoms with Gasteiger partial charge >= 0.3 is 0 Å². The molecule has 0 aliphatic heterocycles. The fraction of sp³-hybridized carbons (Fsp3) is 0.533. The minimum Gasteiger partial charge on any atom is -0.399 e. The summed E-state index contributed by atoms with van der Waals surface area (Å²) in [4.78, 5) is 4.81. The molecular formula is C15H21N3O. The summed E-state index contributed by atoms with van der Waals surface area (Å²) in [6, 6.07) is 6.43. The number of nitrogen functional groups attached to an aromatic ring is 1.